The molecule has 3 rings (SSSR count). The number of aliphatic hydroxyl groups is 1. The maximum Gasteiger partial charge on any atom is 0.287 e. The Labute approximate surface area is 178 Å². The van der Waals surface area contributed by atoms with Gasteiger partial charge in [0, 0.05) is 28.4 Å². The summed E-state index contributed by atoms with van der Waals surface area (Å²) >= 11 is 7.18. The number of hydrogen-bond donors (Lipinski definition) is 1. The maximum absolute atomic E-state index is 12.9. The van der Waals surface area contributed by atoms with Gasteiger partial charge in [-0.15, -0.1) is 0 Å². The molecule has 1 aromatic heterocycles. The first-order valence-corrected chi connectivity index (χ1v) is 10.0. The molecule has 29 heavy (non-hydrogen) atoms. The first-order valence-electron chi connectivity index (χ1n) is 8.81. The lowest BCUT2D eigenvalue weighted by Gasteiger charge is -2.19. The quantitative estimate of drug-likeness (QED) is 0.603. The molecule has 0 aliphatic carbocycles. The van der Waals surface area contributed by atoms with Gasteiger partial charge < -0.3 is 14.6 Å². The smallest absolute Gasteiger partial charge is 0.287 e. The van der Waals surface area contributed by atoms with Crippen molar-refractivity contribution in [1.82, 2.24) is 9.55 Å². The van der Waals surface area contributed by atoms with Crippen LogP contribution in [0.3, 0.4) is 0 Å². The molecule has 0 saturated carbocycles. The van der Waals surface area contributed by atoms with Crippen LogP contribution in [0.15, 0.2) is 69.6 Å². The van der Waals surface area contributed by atoms with Crippen LogP contribution in [0.2, 0.25) is 5.02 Å². The lowest BCUT2D eigenvalue weighted by Crippen LogP contribution is -2.28. The minimum absolute atomic E-state index is 0.111. The average molecular weight is 433 g/mol. The van der Waals surface area contributed by atoms with Crippen molar-refractivity contribution in [2.75, 3.05) is 13.7 Å². The van der Waals surface area contributed by atoms with Crippen molar-refractivity contribution in [1.29, 1.82) is 0 Å². The fourth-order valence-corrected chi connectivity index (χ4v) is 3.38. The molecule has 0 aliphatic heterocycles. The lowest BCUT2D eigenvalue weighted by molar-refractivity contribution is 0.0276. The minimum Gasteiger partial charge on any atom is -0.493 e. The Balaban J connectivity index is 1.90. The van der Waals surface area contributed by atoms with Crippen molar-refractivity contribution < 1.29 is 14.6 Å². The Kier molecular flexibility index (Phi) is 6.52. The van der Waals surface area contributed by atoms with Gasteiger partial charge in [-0.25, -0.2) is 4.98 Å². The number of aromatic nitrogens is 2. The van der Waals surface area contributed by atoms with Crippen molar-refractivity contribution in [3.05, 3.63) is 70.2 Å². The molecule has 0 unspecified atom stereocenters. The molecule has 0 saturated heterocycles. The van der Waals surface area contributed by atoms with Crippen LogP contribution in [-0.2, 0) is 0 Å². The fourth-order valence-electron chi connectivity index (χ4n) is 2.46. The first-order chi connectivity index (χ1) is 13.8. The molecule has 152 valence electrons. The Morgan fingerprint density at radius 1 is 1.17 bits per heavy atom. The topological polar surface area (TPSA) is 73.6 Å². The number of benzene rings is 2. The van der Waals surface area contributed by atoms with Crippen molar-refractivity contribution in [3.63, 3.8) is 0 Å². The second-order valence-corrected chi connectivity index (χ2v) is 8.40. The summed E-state index contributed by atoms with van der Waals surface area (Å²) < 4.78 is 12.5. The van der Waals surface area contributed by atoms with Gasteiger partial charge in [0.15, 0.2) is 16.5 Å². The van der Waals surface area contributed by atoms with Crippen LogP contribution in [0.25, 0.3) is 5.69 Å². The van der Waals surface area contributed by atoms with Gasteiger partial charge in [-0.05, 0) is 50.2 Å². The second kappa shape index (κ2) is 8.90. The third kappa shape index (κ3) is 5.53. The van der Waals surface area contributed by atoms with E-state index in [1.807, 2.05) is 12.1 Å². The van der Waals surface area contributed by atoms with Crippen molar-refractivity contribution in [3.8, 4) is 17.2 Å². The van der Waals surface area contributed by atoms with Crippen LogP contribution in [0, 0.1) is 0 Å². The van der Waals surface area contributed by atoms with E-state index >= 15 is 0 Å². The molecule has 0 spiro atoms. The number of hydrogen-bond acceptors (Lipinski definition) is 6. The van der Waals surface area contributed by atoms with Crippen molar-refractivity contribution >= 4 is 23.4 Å². The zero-order valence-electron chi connectivity index (χ0n) is 16.3. The number of ether oxygens (including phenoxy) is 2. The Hall–Kier alpha value is -2.48. The fraction of sp³-hybridized carbons (Fsp3) is 0.238. The van der Waals surface area contributed by atoms with Gasteiger partial charge in [-0.1, -0.05) is 23.4 Å². The van der Waals surface area contributed by atoms with Gasteiger partial charge in [0.05, 0.1) is 18.4 Å². The van der Waals surface area contributed by atoms with E-state index in [2.05, 4.69) is 4.98 Å². The van der Waals surface area contributed by atoms with Crippen LogP contribution in [-0.4, -0.2) is 34.0 Å². The molecule has 0 atom stereocenters. The molecular weight excluding hydrogens is 412 g/mol. The zero-order chi connectivity index (χ0) is 21.0. The van der Waals surface area contributed by atoms with Crippen LogP contribution >= 0.6 is 23.4 Å². The molecular formula is C21H21ClN2O4S. The highest BCUT2D eigenvalue weighted by Crippen LogP contribution is 2.30. The number of nitrogens with zero attached hydrogens (tertiary/aromatic N) is 2. The third-order valence-electron chi connectivity index (χ3n) is 3.84. The van der Waals surface area contributed by atoms with Crippen LogP contribution in [0.1, 0.15) is 13.8 Å². The van der Waals surface area contributed by atoms with Crippen molar-refractivity contribution in [2.24, 2.45) is 0 Å². The standard InChI is InChI=1S/C21H21ClN2O4S/c1-21(2,26)13-28-17-9-6-15(12-18(17)27-3)24-11-10-23-19(20(24)25)29-16-7-4-14(22)5-8-16/h4-12,26H,13H2,1-3H3. The number of methoxy groups -OCH3 is 1. The van der Waals surface area contributed by atoms with E-state index in [1.165, 1.54) is 23.4 Å². The Bertz CT molecular complexity index is 1050. The zero-order valence-corrected chi connectivity index (χ0v) is 17.8. The second-order valence-electron chi connectivity index (χ2n) is 6.90. The molecule has 0 amide bonds. The van der Waals surface area contributed by atoms with E-state index in [0.717, 1.165) is 4.90 Å². The lowest BCUT2D eigenvalue weighted by atomic mass is 10.2. The van der Waals surface area contributed by atoms with Gasteiger partial charge in [0.1, 0.15) is 6.61 Å². The van der Waals surface area contributed by atoms with Gasteiger partial charge >= 0.3 is 0 Å². The van der Waals surface area contributed by atoms with Gasteiger partial charge in [-0.2, -0.15) is 0 Å². The summed E-state index contributed by atoms with van der Waals surface area (Å²) in [4.78, 5) is 18.0. The highest BCUT2D eigenvalue weighted by Gasteiger charge is 2.16. The van der Waals surface area contributed by atoms with Gasteiger partial charge in [0.25, 0.3) is 5.56 Å². The molecule has 1 N–H and O–H groups in total. The average Bonchev–Trinajstić information content (AvgIpc) is 2.69. The van der Waals surface area contributed by atoms with Crippen LogP contribution < -0.4 is 15.0 Å². The highest BCUT2D eigenvalue weighted by atomic mass is 35.5. The van der Waals surface area contributed by atoms with Crippen LogP contribution in [0.5, 0.6) is 11.5 Å². The number of rotatable bonds is 7. The molecule has 0 radical (unpaired) electrons. The summed E-state index contributed by atoms with van der Waals surface area (Å²) in [6.45, 7) is 3.42. The maximum atomic E-state index is 12.9. The minimum atomic E-state index is -0.973. The van der Waals surface area contributed by atoms with E-state index in [0.29, 0.717) is 27.2 Å². The molecule has 0 fully saturated rings. The summed E-state index contributed by atoms with van der Waals surface area (Å²) in [5, 5.41) is 10.8. The van der Waals surface area contributed by atoms with Crippen LogP contribution in [0.4, 0.5) is 0 Å². The van der Waals surface area contributed by atoms with Gasteiger partial charge in [-0.3, -0.25) is 9.36 Å². The normalized spacial score (nSPS) is 11.3. The molecule has 6 nitrogen and oxygen atoms in total. The summed E-state index contributed by atoms with van der Waals surface area (Å²) in [6.07, 6.45) is 3.17. The summed E-state index contributed by atoms with van der Waals surface area (Å²) in [7, 11) is 1.52. The monoisotopic (exact) mass is 432 g/mol. The third-order valence-corrected chi connectivity index (χ3v) is 5.08. The van der Waals surface area contributed by atoms with E-state index in [-0.39, 0.29) is 12.2 Å². The first kappa shape index (κ1) is 21.2. The molecule has 0 aliphatic rings. The molecule has 8 heteroatoms. The van der Waals surface area contributed by atoms with E-state index in [4.69, 9.17) is 21.1 Å². The highest BCUT2D eigenvalue weighted by molar-refractivity contribution is 7.99. The predicted molar refractivity (Wildman–Crippen MR) is 114 cm³/mol. The summed E-state index contributed by atoms with van der Waals surface area (Å²) in [5.41, 5.74) is -0.609. The van der Waals surface area contributed by atoms with E-state index in [9.17, 15) is 9.90 Å². The molecule has 1 heterocycles. The largest absolute Gasteiger partial charge is 0.493 e. The summed E-state index contributed by atoms with van der Waals surface area (Å²) in [5.74, 6) is 0.943. The van der Waals surface area contributed by atoms with E-state index in [1.54, 1.807) is 56.6 Å². The predicted octanol–water partition coefficient (Wildman–Crippen LogP) is 4.20. The summed E-state index contributed by atoms with van der Waals surface area (Å²) in [6, 6.07) is 12.4. The molecule has 2 aromatic carbocycles. The molecule has 3 aromatic rings. The Morgan fingerprint density at radius 3 is 2.55 bits per heavy atom. The SMILES string of the molecule is COc1cc(-n2ccnc(Sc3ccc(Cl)cc3)c2=O)ccc1OCC(C)(C)O. The molecule has 0 bridgehead atoms. The van der Waals surface area contributed by atoms with E-state index < -0.39 is 5.60 Å². The van der Waals surface area contributed by atoms with Gasteiger partial charge in [0.2, 0.25) is 0 Å². The number of halogens is 1. The van der Waals surface area contributed by atoms with Crippen molar-refractivity contribution in [2.45, 2.75) is 29.4 Å². The Morgan fingerprint density at radius 2 is 1.90 bits per heavy atom.